The van der Waals surface area contributed by atoms with Crippen LogP contribution in [0.5, 0.6) is 17.2 Å². The lowest BCUT2D eigenvalue weighted by molar-refractivity contribution is -0.149. The zero-order valence-corrected chi connectivity index (χ0v) is 16.0. The minimum absolute atomic E-state index is 0.115. The van der Waals surface area contributed by atoms with Gasteiger partial charge >= 0.3 is 5.97 Å². The molecular formula is C20H18N2O5S. The number of thiazole rings is 1. The van der Waals surface area contributed by atoms with E-state index < -0.39 is 0 Å². The first-order valence-corrected chi connectivity index (χ1v) is 9.78. The average molecular weight is 398 g/mol. The van der Waals surface area contributed by atoms with Crippen molar-refractivity contribution in [3.8, 4) is 17.2 Å². The number of methoxy groups -OCH3 is 1. The van der Waals surface area contributed by atoms with Gasteiger partial charge in [0.2, 0.25) is 6.79 Å². The Bertz CT molecular complexity index is 1040. The fourth-order valence-corrected chi connectivity index (χ4v) is 4.33. The van der Waals surface area contributed by atoms with Crippen LogP contribution < -0.4 is 19.1 Å². The lowest BCUT2D eigenvalue weighted by Gasteiger charge is -2.38. The van der Waals surface area contributed by atoms with E-state index >= 15 is 0 Å². The normalized spacial score (nSPS) is 15.5. The number of para-hydroxylation sites is 1. The number of anilines is 1. The van der Waals surface area contributed by atoms with Crippen LogP contribution in [-0.4, -0.2) is 44.0 Å². The highest BCUT2D eigenvalue weighted by Gasteiger charge is 2.32. The van der Waals surface area contributed by atoms with E-state index in [0.29, 0.717) is 24.6 Å². The summed E-state index contributed by atoms with van der Waals surface area (Å²) < 4.78 is 22.7. The van der Waals surface area contributed by atoms with Crippen LogP contribution in [0.3, 0.4) is 0 Å². The van der Waals surface area contributed by atoms with Gasteiger partial charge in [0.15, 0.2) is 16.6 Å². The summed E-state index contributed by atoms with van der Waals surface area (Å²) in [5.41, 5.74) is 1.72. The summed E-state index contributed by atoms with van der Waals surface area (Å²) in [5, 5.41) is 0.919. The van der Waals surface area contributed by atoms with E-state index in [9.17, 15) is 4.79 Å². The Kier molecular flexibility index (Phi) is 4.20. The van der Waals surface area contributed by atoms with Crippen molar-refractivity contribution in [1.82, 2.24) is 4.98 Å². The van der Waals surface area contributed by atoms with Crippen LogP contribution in [-0.2, 0) is 16.0 Å². The lowest BCUT2D eigenvalue weighted by Crippen LogP contribution is -2.53. The fraction of sp³-hybridized carbons (Fsp3) is 0.300. The Balaban J connectivity index is 1.18. The number of carbonyl (C=O) groups is 1. The van der Waals surface area contributed by atoms with Crippen LogP contribution in [0.2, 0.25) is 0 Å². The summed E-state index contributed by atoms with van der Waals surface area (Å²) in [6.07, 6.45) is 0.0984. The third-order valence-electron chi connectivity index (χ3n) is 4.79. The number of rotatable bonds is 5. The topological polar surface area (TPSA) is 70.1 Å². The summed E-state index contributed by atoms with van der Waals surface area (Å²) in [5.74, 6) is 1.91. The van der Waals surface area contributed by atoms with Crippen molar-refractivity contribution in [2.45, 2.75) is 12.5 Å². The second kappa shape index (κ2) is 6.87. The van der Waals surface area contributed by atoms with Gasteiger partial charge in [0.25, 0.3) is 0 Å². The molecule has 28 heavy (non-hydrogen) atoms. The summed E-state index contributed by atoms with van der Waals surface area (Å²) >= 11 is 1.61. The maximum absolute atomic E-state index is 12.2. The van der Waals surface area contributed by atoms with Crippen LogP contribution >= 0.6 is 11.3 Å². The number of hydrogen-bond donors (Lipinski definition) is 0. The van der Waals surface area contributed by atoms with Gasteiger partial charge in [0.05, 0.1) is 31.3 Å². The van der Waals surface area contributed by atoms with E-state index in [0.717, 1.165) is 26.7 Å². The van der Waals surface area contributed by atoms with Crippen molar-refractivity contribution in [3.63, 3.8) is 0 Å². The average Bonchev–Trinajstić information content (AvgIpc) is 3.29. The Hall–Kier alpha value is -3.00. The molecule has 7 nitrogen and oxygen atoms in total. The summed E-state index contributed by atoms with van der Waals surface area (Å²) in [6, 6.07) is 11.4. The second-order valence-corrected chi connectivity index (χ2v) is 7.69. The molecule has 2 aliphatic rings. The first-order valence-electron chi connectivity index (χ1n) is 8.96. The molecule has 0 spiro atoms. The Morgan fingerprint density at radius 2 is 2.11 bits per heavy atom. The van der Waals surface area contributed by atoms with Crippen LogP contribution in [0.15, 0.2) is 36.4 Å². The summed E-state index contributed by atoms with van der Waals surface area (Å²) in [4.78, 5) is 19.0. The summed E-state index contributed by atoms with van der Waals surface area (Å²) in [6.45, 7) is 1.52. The molecule has 1 saturated heterocycles. The van der Waals surface area contributed by atoms with Crippen LogP contribution in [0.25, 0.3) is 10.2 Å². The molecule has 8 heteroatoms. The van der Waals surface area contributed by atoms with Crippen LogP contribution in [0.1, 0.15) is 5.56 Å². The van der Waals surface area contributed by atoms with Crippen molar-refractivity contribution >= 4 is 32.7 Å². The molecule has 1 fully saturated rings. The van der Waals surface area contributed by atoms with Gasteiger partial charge in [-0.2, -0.15) is 0 Å². The predicted octanol–water partition coefficient (Wildman–Crippen LogP) is 3.01. The molecule has 0 aliphatic carbocycles. The zero-order chi connectivity index (χ0) is 19.1. The number of benzene rings is 2. The molecule has 3 heterocycles. The molecule has 5 rings (SSSR count). The van der Waals surface area contributed by atoms with Gasteiger partial charge in [-0.15, -0.1) is 0 Å². The first-order chi connectivity index (χ1) is 13.7. The van der Waals surface area contributed by atoms with Gasteiger partial charge in [0.1, 0.15) is 17.4 Å². The van der Waals surface area contributed by atoms with E-state index in [1.807, 2.05) is 36.4 Å². The SMILES string of the molecule is COc1cccc2sc(N3CC(OC(=O)Cc4ccc5c(c4)OCO5)C3)nc12. The summed E-state index contributed by atoms with van der Waals surface area (Å²) in [7, 11) is 1.65. The van der Waals surface area contributed by atoms with Crippen molar-refractivity contribution in [1.29, 1.82) is 0 Å². The number of fused-ring (bicyclic) bond motifs is 2. The minimum atomic E-state index is -0.241. The smallest absolute Gasteiger partial charge is 0.310 e. The third-order valence-corrected chi connectivity index (χ3v) is 5.87. The molecule has 0 bridgehead atoms. The minimum Gasteiger partial charge on any atom is -0.494 e. The molecule has 0 saturated carbocycles. The Morgan fingerprint density at radius 3 is 2.96 bits per heavy atom. The Morgan fingerprint density at radius 1 is 1.25 bits per heavy atom. The maximum atomic E-state index is 12.2. The van der Waals surface area contributed by atoms with Crippen molar-refractivity contribution < 1.29 is 23.7 Å². The number of ether oxygens (including phenoxy) is 4. The molecule has 3 aromatic rings. The zero-order valence-electron chi connectivity index (χ0n) is 15.2. The van der Waals surface area contributed by atoms with Crippen LogP contribution in [0.4, 0.5) is 5.13 Å². The fourth-order valence-electron chi connectivity index (χ4n) is 3.33. The van der Waals surface area contributed by atoms with Gasteiger partial charge in [-0.1, -0.05) is 23.5 Å². The number of nitrogens with zero attached hydrogens (tertiary/aromatic N) is 2. The van der Waals surface area contributed by atoms with Gasteiger partial charge < -0.3 is 23.8 Å². The first kappa shape index (κ1) is 17.1. The highest BCUT2D eigenvalue weighted by molar-refractivity contribution is 7.22. The van der Waals surface area contributed by atoms with E-state index in [-0.39, 0.29) is 25.3 Å². The number of carbonyl (C=O) groups excluding carboxylic acids is 1. The molecule has 0 atom stereocenters. The monoisotopic (exact) mass is 398 g/mol. The van der Waals surface area contributed by atoms with E-state index in [4.69, 9.17) is 18.9 Å². The number of aromatic nitrogens is 1. The van der Waals surface area contributed by atoms with E-state index in [1.54, 1.807) is 18.4 Å². The highest BCUT2D eigenvalue weighted by Crippen LogP contribution is 2.36. The van der Waals surface area contributed by atoms with Crippen molar-refractivity contribution in [3.05, 3.63) is 42.0 Å². The molecule has 2 aliphatic heterocycles. The second-order valence-electron chi connectivity index (χ2n) is 6.68. The van der Waals surface area contributed by atoms with E-state index in [1.165, 1.54) is 0 Å². The third kappa shape index (κ3) is 3.09. The van der Waals surface area contributed by atoms with Crippen molar-refractivity contribution in [2.75, 3.05) is 31.9 Å². The standard InChI is InChI=1S/C20H18N2O5S/c1-24-15-3-2-4-17-19(15)21-20(28-17)22-9-13(10-22)27-18(23)8-12-5-6-14-16(7-12)26-11-25-14/h2-7,13H,8-11H2,1H3. The molecule has 0 N–H and O–H groups in total. The maximum Gasteiger partial charge on any atom is 0.310 e. The predicted molar refractivity (Wildman–Crippen MR) is 105 cm³/mol. The molecule has 0 unspecified atom stereocenters. The number of esters is 1. The lowest BCUT2D eigenvalue weighted by atomic mass is 10.1. The van der Waals surface area contributed by atoms with Gasteiger partial charge in [-0.05, 0) is 29.8 Å². The molecule has 144 valence electrons. The molecule has 0 amide bonds. The number of hydrogen-bond acceptors (Lipinski definition) is 8. The molecular weight excluding hydrogens is 380 g/mol. The molecule has 2 aromatic carbocycles. The van der Waals surface area contributed by atoms with Gasteiger partial charge in [-0.25, -0.2) is 4.98 Å². The van der Waals surface area contributed by atoms with E-state index in [2.05, 4.69) is 9.88 Å². The molecule has 0 radical (unpaired) electrons. The van der Waals surface area contributed by atoms with Gasteiger partial charge in [-0.3, -0.25) is 4.79 Å². The quantitative estimate of drug-likeness (QED) is 0.612. The van der Waals surface area contributed by atoms with Gasteiger partial charge in [0, 0.05) is 0 Å². The molecule has 1 aromatic heterocycles. The largest absolute Gasteiger partial charge is 0.494 e. The Labute approximate surface area is 165 Å². The van der Waals surface area contributed by atoms with Crippen LogP contribution in [0, 0.1) is 0 Å². The highest BCUT2D eigenvalue weighted by atomic mass is 32.1. The van der Waals surface area contributed by atoms with Crippen molar-refractivity contribution in [2.24, 2.45) is 0 Å².